The number of carbonyl (C=O) groups is 2. The van der Waals surface area contributed by atoms with Gasteiger partial charge in [0.2, 0.25) is 0 Å². The standard InChI is InChI=1S/C29H26N4O4/c1-36-28(34)25-24(20-11-7-4-8-12-20)23(17-30)27(31)33(26(25)29(35)37-2)22-15-13-21(14-16-22)32-18-19-9-5-3-6-10-19/h3-16,24,32H,18,31H2,1-2H3. The lowest BCUT2D eigenvalue weighted by Crippen LogP contribution is -2.40. The van der Waals surface area contributed by atoms with Crippen LogP contribution in [0.2, 0.25) is 0 Å². The maximum Gasteiger partial charge on any atom is 0.355 e. The maximum absolute atomic E-state index is 13.1. The Labute approximate surface area is 215 Å². The van der Waals surface area contributed by atoms with Crippen LogP contribution in [0, 0.1) is 11.3 Å². The summed E-state index contributed by atoms with van der Waals surface area (Å²) in [5.74, 6) is -2.43. The Balaban J connectivity index is 1.81. The van der Waals surface area contributed by atoms with E-state index < -0.39 is 17.9 Å². The fraction of sp³-hybridized carbons (Fsp3) is 0.138. The Kier molecular flexibility index (Phi) is 7.55. The van der Waals surface area contributed by atoms with E-state index in [-0.39, 0.29) is 22.7 Å². The third kappa shape index (κ3) is 5.02. The molecule has 0 aliphatic carbocycles. The van der Waals surface area contributed by atoms with E-state index in [0.717, 1.165) is 11.3 Å². The number of allylic oxidation sites excluding steroid dienone is 1. The second kappa shape index (κ2) is 11.1. The van der Waals surface area contributed by atoms with Crippen LogP contribution in [0.25, 0.3) is 0 Å². The van der Waals surface area contributed by atoms with Crippen molar-refractivity contribution in [2.75, 3.05) is 24.4 Å². The molecule has 0 saturated carbocycles. The van der Waals surface area contributed by atoms with Crippen molar-refractivity contribution in [2.24, 2.45) is 5.73 Å². The van der Waals surface area contributed by atoms with Gasteiger partial charge in [-0.05, 0) is 35.4 Å². The van der Waals surface area contributed by atoms with Crippen LogP contribution in [-0.2, 0) is 25.6 Å². The molecule has 0 saturated heterocycles. The summed E-state index contributed by atoms with van der Waals surface area (Å²) in [6, 6.07) is 28.1. The highest BCUT2D eigenvalue weighted by molar-refractivity contribution is 6.06. The summed E-state index contributed by atoms with van der Waals surface area (Å²) >= 11 is 0. The number of ether oxygens (including phenoxy) is 2. The molecule has 1 unspecified atom stereocenters. The molecule has 3 N–H and O–H groups in total. The first-order valence-corrected chi connectivity index (χ1v) is 11.5. The molecule has 186 valence electrons. The molecule has 3 aromatic rings. The number of nitrogens with one attached hydrogen (secondary N) is 1. The minimum Gasteiger partial charge on any atom is -0.466 e. The van der Waals surface area contributed by atoms with Crippen LogP contribution in [0.4, 0.5) is 11.4 Å². The summed E-state index contributed by atoms with van der Waals surface area (Å²) in [5, 5.41) is 13.5. The third-order valence-electron chi connectivity index (χ3n) is 6.08. The number of nitriles is 1. The minimum absolute atomic E-state index is 0.0226. The van der Waals surface area contributed by atoms with Crippen molar-refractivity contribution in [3.8, 4) is 6.07 Å². The number of nitrogens with zero attached hydrogens (tertiary/aromatic N) is 2. The fourth-order valence-corrected chi connectivity index (χ4v) is 4.31. The molecule has 0 aromatic heterocycles. The summed E-state index contributed by atoms with van der Waals surface area (Å²) in [7, 11) is 2.44. The van der Waals surface area contributed by atoms with E-state index in [9.17, 15) is 14.9 Å². The molecule has 0 fully saturated rings. The normalized spacial score (nSPS) is 15.2. The van der Waals surface area contributed by atoms with E-state index in [1.165, 1.54) is 19.1 Å². The van der Waals surface area contributed by atoms with Crippen LogP contribution in [0.1, 0.15) is 17.0 Å². The number of benzene rings is 3. The van der Waals surface area contributed by atoms with E-state index in [2.05, 4.69) is 11.4 Å². The van der Waals surface area contributed by atoms with E-state index >= 15 is 0 Å². The van der Waals surface area contributed by atoms with Crippen molar-refractivity contribution in [3.05, 3.63) is 119 Å². The van der Waals surface area contributed by atoms with Gasteiger partial charge in [-0.3, -0.25) is 4.90 Å². The van der Waals surface area contributed by atoms with Crippen LogP contribution in [0.3, 0.4) is 0 Å². The highest BCUT2D eigenvalue weighted by Gasteiger charge is 2.42. The average molecular weight is 495 g/mol. The molecule has 1 atom stereocenters. The Morgan fingerprint density at radius 1 is 0.919 bits per heavy atom. The number of methoxy groups -OCH3 is 2. The molecule has 0 radical (unpaired) electrons. The molecule has 37 heavy (non-hydrogen) atoms. The van der Waals surface area contributed by atoms with Gasteiger partial charge in [0.05, 0.1) is 37.4 Å². The molecule has 1 aliphatic rings. The van der Waals surface area contributed by atoms with E-state index in [0.29, 0.717) is 17.8 Å². The lowest BCUT2D eigenvalue weighted by molar-refractivity contribution is -0.139. The summed E-state index contributed by atoms with van der Waals surface area (Å²) < 4.78 is 10.1. The number of carbonyl (C=O) groups excluding carboxylic acids is 2. The molecule has 0 amide bonds. The molecule has 1 aliphatic heterocycles. The Hall–Kier alpha value is -5.03. The Morgan fingerprint density at radius 2 is 1.51 bits per heavy atom. The second-order valence-electron chi connectivity index (χ2n) is 8.22. The van der Waals surface area contributed by atoms with E-state index in [1.807, 2.05) is 48.5 Å². The topological polar surface area (TPSA) is 118 Å². The monoisotopic (exact) mass is 494 g/mol. The molecular formula is C29H26N4O4. The van der Waals surface area contributed by atoms with Gasteiger partial charge in [-0.1, -0.05) is 60.7 Å². The highest BCUT2D eigenvalue weighted by atomic mass is 16.5. The predicted octanol–water partition coefficient (Wildman–Crippen LogP) is 4.20. The zero-order valence-electron chi connectivity index (χ0n) is 20.5. The lowest BCUT2D eigenvalue weighted by atomic mass is 9.81. The number of rotatable bonds is 7. The number of hydrogen-bond acceptors (Lipinski definition) is 8. The molecule has 3 aromatic carbocycles. The van der Waals surface area contributed by atoms with Crippen LogP contribution in [0.5, 0.6) is 0 Å². The quantitative estimate of drug-likeness (QED) is 0.470. The van der Waals surface area contributed by atoms with Gasteiger partial charge in [-0.25, -0.2) is 9.59 Å². The largest absolute Gasteiger partial charge is 0.466 e. The lowest BCUT2D eigenvalue weighted by Gasteiger charge is -2.35. The summed E-state index contributed by atoms with van der Waals surface area (Å²) in [4.78, 5) is 27.6. The van der Waals surface area contributed by atoms with Gasteiger partial charge in [0.1, 0.15) is 11.5 Å². The summed E-state index contributed by atoms with van der Waals surface area (Å²) in [6.45, 7) is 0.628. The molecular weight excluding hydrogens is 468 g/mol. The molecule has 1 heterocycles. The SMILES string of the molecule is COC(=O)C1=C(C(=O)OC)N(c2ccc(NCc3ccccc3)cc2)C(N)=C(C#N)C1c1ccccc1. The summed E-state index contributed by atoms with van der Waals surface area (Å²) in [5.41, 5.74) is 9.56. The van der Waals surface area contributed by atoms with E-state index in [4.69, 9.17) is 15.2 Å². The first-order chi connectivity index (χ1) is 18.0. The number of esters is 2. The average Bonchev–Trinajstić information content (AvgIpc) is 2.95. The van der Waals surface area contributed by atoms with Crippen molar-refractivity contribution in [1.82, 2.24) is 0 Å². The van der Waals surface area contributed by atoms with Gasteiger partial charge in [0, 0.05) is 17.9 Å². The predicted molar refractivity (Wildman–Crippen MR) is 140 cm³/mol. The Bertz CT molecular complexity index is 1390. The molecule has 0 spiro atoms. The number of anilines is 2. The van der Waals surface area contributed by atoms with Gasteiger partial charge in [-0.15, -0.1) is 0 Å². The molecule has 8 heteroatoms. The number of hydrogen-bond donors (Lipinski definition) is 2. The first kappa shape index (κ1) is 25.1. The first-order valence-electron chi connectivity index (χ1n) is 11.5. The van der Waals surface area contributed by atoms with E-state index in [1.54, 1.807) is 36.4 Å². The van der Waals surface area contributed by atoms with Crippen molar-refractivity contribution in [1.29, 1.82) is 5.26 Å². The van der Waals surface area contributed by atoms with Crippen LogP contribution in [0.15, 0.2) is 108 Å². The number of nitrogens with two attached hydrogens (primary N) is 1. The van der Waals surface area contributed by atoms with Gasteiger partial charge >= 0.3 is 11.9 Å². The second-order valence-corrected chi connectivity index (χ2v) is 8.22. The summed E-state index contributed by atoms with van der Waals surface area (Å²) in [6.07, 6.45) is 0. The molecule has 4 rings (SSSR count). The highest BCUT2D eigenvalue weighted by Crippen LogP contribution is 2.43. The van der Waals surface area contributed by atoms with Gasteiger partial charge < -0.3 is 20.5 Å². The van der Waals surface area contributed by atoms with Crippen LogP contribution in [-0.4, -0.2) is 26.2 Å². The van der Waals surface area contributed by atoms with Crippen LogP contribution >= 0.6 is 0 Å². The zero-order chi connectivity index (χ0) is 26.4. The minimum atomic E-state index is -0.907. The fourth-order valence-electron chi connectivity index (χ4n) is 4.31. The van der Waals surface area contributed by atoms with Crippen molar-refractivity contribution >= 4 is 23.3 Å². The van der Waals surface area contributed by atoms with Gasteiger partial charge in [0.15, 0.2) is 0 Å². The smallest absolute Gasteiger partial charge is 0.355 e. The van der Waals surface area contributed by atoms with Gasteiger partial charge in [0.25, 0.3) is 0 Å². The maximum atomic E-state index is 13.1. The van der Waals surface area contributed by atoms with Crippen molar-refractivity contribution < 1.29 is 19.1 Å². The third-order valence-corrected chi connectivity index (χ3v) is 6.08. The van der Waals surface area contributed by atoms with Gasteiger partial charge in [-0.2, -0.15) is 5.26 Å². The molecule has 0 bridgehead atoms. The molecule has 8 nitrogen and oxygen atoms in total. The zero-order valence-corrected chi connectivity index (χ0v) is 20.5. The van der Waals surface area contributed by atoms with Crippen molar-refractivity contribution in [2.45, 2.75) is 12.5 Å². The van der Waals surface area contributed by atoms with Crippen molar-refractivity contribution in [3.63, 3.8) is 0 Å². The van der Waals surface area contributed by atoms with Crippen LogP contribution < -0.4 is 16.0 Å². The Morgan fingerprint density at radius 3 is 2.08 bits per heavy atom.